The van der Waals surface area contributed by atoms with Crippen molar-refractivity contribution in [3.05, 3.63) is 66.1 Å². The molecule has 2 aromatic carbocycles. The molecule has 9 heteroatoms. The molecule has 1 aromatic heterocycles. The topological polar surface area (TPSA) is 127 Å². The van der Waals surface area contributed by atoms with Crippen LogP contribution in [0.1, 0.15) is 24.3 Å². The molecule has 172 valence electrons. The average Bonchev–Trinajstić information content (AvgIpc) is 3.30. The number of hydrogen-bond acceptors (Lipinski definition) is 6. The molecule has 0 atom stereocenters. The van der Waals surface area contributed by atoms with Crippen LogP contribution < -0.4 is 0 Å². The third-order valence-corrected chi connectivity index (χ3v) is 6.06. The Balaban J connectivity index is 1.77. The highest BCUT2D eigenvalue weighted by molar-refractivity contribution is 5.83. The molecule has 2 amide bonds. The number of aliphatic hydroxyl groups excluding tert-OH is 1. The number of carbonyl (C=O) groups excluding carboxylic acids is 1. The van der Waals surface area contributed by atoms with Crippen molar-refractivity contribution in [1.82, 2.24) is 14.9 Å². The first-order valence-corrected chi connectivity index (χ1v) is 10.6. The van der Waals surface area contributed by atoms with Crippen LogP contribution in [0.5, 0.6) is 0 Å². The summed E-state index contributed by atoms with van der Waals surface area (Å²) >= 11 is 0. The van der Waals surface area contributed by atoms with Crippen LogP contribution in [0, 0.1) is 0 Å². The van der Waals surface area contributed by atoms with E-state index in [9.17, 15) is 25.0 Å². The molecule has 1 fully saturated rings. The van der Waals surface area contributed by atoms with Crippen molar-refractivity contribution in [3.63, 3.8) is 0 Å². The number of aliphatic carboxylic acids is 1. The molecule has 0 saturated carbocycles. The molecule has 33 heavy (non-hydrogen) atoms. The summed E-state index contributed by atoms with van der Waals surface area (Å²) in [5.41, 5.74) is 1.35. The van der Waals surface area contributed by atoms with Gasteiger partial charge in [0, 0.05) is 31.3 Å². The molecule has 3 aromatic rings. The third-order valence-electron chi connectivity index (χ3n) is 6.06. The van der Waals surface area contributed by atoms with E-state index in [-0.39, 0.29) is 38.4 Å². The molecule has 2 heterocycles. The zero-order valence-corrected chi connectivity index (χ0v) is 18.1. The maximum Gasteiger partial charge on any atom is 0.343 e. The number of carboxylic acids is 1. The summed E-state index contributed by atoms with van der Waals surface area (Å²) in [6.07, 6.45) is 0.194. The summed E-state index contributed by atoms with van der Waals surface area (Å²) in [6, 6.07) is 15.9. The van der Waals surface area contributed by atoms with E-state index in [2.05, 4.69) is 4.98 Å². The lowest BCUT2D eigenvalue weighted by Gasteiger charge is -2.37. The number of carboxylic acid groups (broad SMARTS) is 1. The number of amides is 2. The first-order chi connectivity index (χ1) is 15.9. The monoisotopic (exact) mass is 451 g/mol. The number of rotatable bonds is 5. The third kappa shape index (κ3) is 4.20. The van der Waals surface area contributed by atoms with Crippen molar-refractivity contribution in [1.29, 1.82) is 0 Å². The highest BCUT2D eigenvalue weighted by Gasteiger charge is 2.49. The number of aliphatic hydroxyl groups is 1. The lowest BCUT2D eigenvalue weighted by Crippen LogP contribution is -2.51. The fraction of sp³-hybridized carbons (Fsp3) is 0.292. The van der Waals surface area contributed by atoms with E-state index in [0.717, 1.165) is 11.1 Å². The second kappa shape index (κ2) is 9.05. The van der Waals surface area contributed by atoms with Crippen LogP contribution in [0.15, 0.2) is 59.0 Å². The van der Waals surface area contributed by atoms with Crippen molar-refractivity contribution in [2.75, 3.05) is 20.1 Å². The molecule has 4 rings (SSSR count). The van der Waals surface area contributed by atoms with Crippen molar-refractivity contribution < 1.29 is 29.4 Å². The van der Waals surface area contributed by atoms with Gasteiger partial charge < -0.3 is 19.5 Å². The number of hydroxylamine groups is 2. The van der Waals surface area contributed by atoms with Gasteiger partial charge in [-0.1, -0.05) is 54.6 Å². The predicted molar refractivity (Wildman–Crippen MR) is 118 cm³/mol. The lowest BCUT2D eigenvalue weighted by atomic mass is 9.78. The summed E-state index contributed by atoms with van der Waals surface area (Å²) in [6.45, 7) is 0.188. The van der Waals surface area contributed by atoms with Gasteiger partial charge in [0.2, 0.25) is 5.89 Å². The fourth-order valence-electron chi connectivity index (χ4n) is 4.08. The zero-order chi connectivity index (χ0) is 23.6. The van der Waals surface area contributed by atoms with Gasteiger partial charge in [0.05, 0.1) is 6.61 Å². The van der Waals surface area contributed by atoms with Gasteiger partial charge in [0.25, 0.3) is 0 Å². The molecule has 1 aliphatic heterocycles. The van der Waals surface area contributed by atoms with Crippen LogP contribution in [0.2, 0.25) is 0 Å². The van der Waals surface area contributed by atoms with Gasteiger partial charge in [-0.3, -0.25) is 10.0 Å². The van der Waals surface area contributed by atoms with Crippen LogP contribution in [-0.4, -0.2) is 62.5 Å². The number of likely N-dealkylation sites (tertiary alicyclic amines) is 1. The minimum atomic E-state index is -1.41. The van der Waals surface area contributed by atoms with Crippen LogP contribution in [0.3, 0.4) is 0 Å². The van der Waals surface area contributed by atoms with E-state index >= 15 is 0 Å². The van der Waals surface area contributed by atoms with Gasteiger partial charge in [-0.05, 0) is 18.4 Å². The van der Waals surface area contributed by atoms with Crippen molar-refractivity contribution in [3.8, 4) is 22.6 Å². The Labute approximate surface area is 190 Å². The van der Waals surface area contributed by atoms with Gasteiger partial charge in [-0.2, -0.15) is 0 Å². The van der Waals surface area contributed by atoms with Gasteiger partial charge in [0.15, 0.2) is 5.76 Å². The Morgan fingerprint density at radius 1 is 1.06 bits per heavy atom. The molecular formula is C24H25N3O6. The number of carbonyl (C=O) groups is 2. The number of benzene rings is 2. The number of piperidine rings is 1. The summed E-state index contributed by atoms with van der Waals surface area (Å²) < 4.78 is 6.16. The molecule has 0 aliphatic carbocycles. The Morgan fingerprint density at radius 2 is 1.70 bits per heavy atom. The van der Waals surface area contributed by atoms with Gasteiger partial charge >= 0.3 is 12.0 Å². The number of oxazole rings is 1. The van der Waals surface area contributed by atoms with Crippen molar-refractivity contribution in [2.24, 2.45) is 0 Å². The first-order valence-electron chi connectivity index (χ1n) is 10.6. The maximum absolute atomic E-state index is 12.5. The Bertz CT molecular complexity index is 1130. The van der Waals surface area contributed by atoms with E-state index in [0.29, 0.717) is 22.1 Å². The quantitative estimate of drug-likeness (QED) is 0.401. The zero-order valence-electron chi connectivity index (χ0n) is 18.1. The largest absolute Gasteiger partial charge is 0.480 e. The molecule has 0 bridgehead atoms. The van der Waals surface area contributed by atoms with E-state index in [4.69, 9.17) is 4.42 Å². The minimum absolute atomic E-state index is 0.0829. The fourth-order valence-corrected chi connectivity index (χ4v) is 4.08. The lowest BCUT2D eigenvalue weighted by molar-refractivity contribution is -0.147. The molecule has 9 nitrogen and oxygen atoms in total. The van der Waals surface area contributed by atoms with Crippen LogP contribution >= 0.6 is 0 Å². The van der Waals surface area contributed by atoms with Crippen LogP contribution in [0.4, 0.5) is 4.79 Å². The van der Waals surface area contributed by atoms with Gasteiger partial charge in [-0.25, -0.2) is 14.8 Å². The number of aromatic nitrogens is 1. The molecule has 0 radical (unpaired) electrons. The first kappa shape index (κ1) is 22.5. The molecule has 1 aliphatic rings. The second-order valence-electron chi connectivity index (χ2n) is 8.10. The average molecular weight is 451 g/mol. The standard InChI is InChI=1S/C24H25N3O6/c1-26(32)23(31)27-13-11-24(12-14-27,22(29)30)21-25-19(17-5-3-2-4-6-17)20(33-21)18-9-7-16(15-28)8-10-18/h2-10,28,32H,11-15H2,1H3,(H,29,30). The summed E-state index contributed by atoms with van der Waals surface area (Å²) in [4.78, 5) is 30.6. The van der Waals surface area contributed by atoms with Gasteiger partial charge in [0.1, 0.15) is 11.1 Å². The van der Waals surface area contributed by atoms with E-state index in [1.807, 2.05) is 30.3 Å². The highest BCUT2D eigenvalue weighted by atomic mass is 16.5. The molecule has 1 saturated heterocycles. The van der Waals surface area contributed by atoms with Crippen molar-refractivity contribution >= 4 is 12.0 Å². The molecule has 0 unspecified atom stereocenters. The predicted octanol–water partition coefficient (Wildman–Crippen LogP) is 3.36. The maximum atomic E-state index is 12.5. The summed E-state index contributed by atoms with van der Waals surface area (Å²) in [5, 5.41) is 29.5. The second-order valence-corrected chi connectivity index (χ2v) is 8.10. The molecule has 3 N–H and O–H groups in total. The van der Waals surface area contributed by atoms with Crippen molar-refractivity contribution in [2.45, 2.75) is 24.9 Å². The highest BCUT2D eigenvalue weighted by Crippen LogP contribution is 2.41. The minimum Gasteiger partial charge on any atom is -0.480 e. The molecular weight excluding hydrogens is 426 g/mol. The SMILES string of the molecule is CN(O)C(=O)N1CCC(C(=O)O)(c2nc(-c3ccccc3)c(-c3ccc(CO)cc3)o2)CC1. The van der Waals surface area contributed by atoms with Crippen LogP contribution in [0.25, 0.3) is 22.6 Å². The Hall–Kier alpha value is -3.69. The van der Waals surface area contributed by atoms with Crippen LogP contribution in [-0.2, 0) is 16.8 Å². The van der Waals surface area contributed by atoms with E-state index in [1.54, 1.807) is 24.3 Å². The van der Waals surface area contributed by atoms with E-state index < -0.39 is 17.4 Å². The molecule has 0 spiro atoms. The number of urea groups is 1. The normalized spacial score (nSPS) is 15.3. The number of nitrogens with zero attached hydrogens (tertiary/aromatic N) is 3. The Kier molecular flexibility index (Phi) is 6.17. The smallest absolute Gasteiger partial charge is 0.343 e. The van der Waals surface area contributed by atoms with Gasteiger partial charge in [-0.15, -0.1) is 0 Å². The summed E-state index contributed by atoms with van der Waals surface area (Å²) in [7, 11) is 1.23. The van der Waals surface area contributed by atoms with E-state index in [1.165, 1.54) is 11.9 Å². The summed E-state index contributed by atoms with van der Waals surface area (Å²) in [5.74, 6) is -0.551. The number of hydrogen-bond donors (Lipinski definition) is 3. The Morgan fingerprint density at radius 3 is 2.24 bits per heavy atom.